The summed E-state index contributed by atoms with van der Waals surface area (Å²) in [6.45, 7) is 5.35. The van der Waals surface area contributed by atoms with Gasteiger partial charge in [-0.3, -0.25) is 10.2 Å². The van der Waals surface area contributed by atoms with Crippen LogP contribution in [0.4, 0.5) is 4.79 Å². The third-order valence-corrected chi connectivity index (χ3v) is 3.44. The third kappa shape index (κ3) is 6.23. The molecule has 1 aliphatic rings. The van der Waals surface area contributed by atoms with Crippen LogP contribution >= 0.6 is 0 Å². The van der Waals surface area contributed by atoms with Gasteiger partial charge in [-0.1, -0.05) is 32.1 Å². The Morgan fingerprint density at radius 1 is 1.25 bits per heavy atom. The van der Waals surface area contributed by atoms with E-state index in [4.69, 9.17) is 10.6 Å². The number of nitrogens with one attached hydrogen (secondary N) is 2. The first kappa shape index (κ1) is 16.8. The normalized spacial score (nSPS) is 18.2. The van der Waals surface area contributed by atoms with Crippen molar-refractivity contribution >= 4 is 12.0 Å². The van der Waals surface area contributed by atoms with Gasteiger partial charge in [0.2, 0.25) is 0 Å². The molecule has 4 N–H and O–H groups in total. The summed E-state index contributed by atoms with van der Waals surface area (Å²) in [4.78, 5) is 23.6. The fraction of sp³-hybridized carbons (Fsp3) is 0.857. The summed E-state index contributed by atoms with van der Waals surface area (Å²) in [5.74, 6) is 5.27. The van der Waals surface area contributed by atoms with Crippen LogP contribution in [0, 0.1) is 5.92 Å². The van der Waals surface area contributed by atoms with Gasteiger partial charge in [-0.2, -0.15) is 0 Å². The lowest BCUT2D eigenvalue weighted by Crippen LogP contribution is -2.50. The Balaban J connectivity index is 2.55. The highest BCUT2D eigenvalue weighted by atomic mass is 16.6. The molecular formula is C14H27N3O3. The molecule has 0 radical (unpaired) electrons. The van der Waals surface area contributed by atoms with Gasteiger partial charge >= 0.3 is 6.09 Å². The molecule has 1 fully saturated rings. The largest absolute Gasteiger partial charge is 0.444 e. The summed E-state index contributed by atoms with van der Waals surface area (Å²) in [5, 5.41) is 2.62. The highest BCUT2D eigenvalue weighted by molar-refractivity contribution is 5.85. The van der Waals surface area contributed by atoms with Gasteiger partial charge in [0.15, 0.2) is 0 Å². The molecule has 1 aliphatic carbocycles. The van der Waals surface area contributed by atoms with Crippen molar-refractivity contribution in [2.24, 2.45) is 11.8 Å². The molecule has 0 aromatic heterocycles. The van der Waals surface area contributed by atoms with Crippen LogP contribution in [0.3, 0.4) is 0 Å². The number of amides is 2. The van der Waals surface area contributed by atoms with Crippen LogP contribution in [-0.2, 0) is 9.53 Å². The van der Waals surface area contributed by atoms with E-state index < -0.39 is 17.7 Å². The van der Waals surface area contributed by atoms with Crippen molar-refractivity contribution in [3.63, 3.8) is 0 Å². The smallest absolute Gasteiger partial charge is 0.408 e. The first-order valence-electron chi connectivity index (χ1n) is 7.32. The summed E-state index contributed by atoms with van der Waals surface area (Å²) < 4.78 is 5.18. The zero-order valence-electron chi connectivity index (χ0n) is 12.7. The van der Waals surface area contributed by atoms with E-state index in [0.29, 0.717) is 12.3 Å². The van der Waals surface area contributed by atoms with E-state index in [2.05, 4.69) is 10.7 Å². The average molecular weight is 285 g/mol. The second kappa shape index (κ2) is 7.47. The maximum absolute atomic E-state index is 11.8. The van der Waals surface area contributed by atoms with Crippen LogP contribution in [0.5, 0.6) is 0 Å². The van der Waals surface area contributed by atoms with Gasteiger partial charge in [-0.25, -0.2) is 10.6 Å². The van der Waals surface area contributed by atoms with E-state index >= 15 is 0 Å². The molecule has 2 amide bonds. The number of nitrogens with two attached hydrogens (primary N) is 1. The van der Waals surface area contributed by atoms with Crippen LogP contribution < -0.4 is 16.6 Å². The van der Waals surface area contributed by atoms with Crippen molar-refractivity contribution in [3.8, 4) is 0 Å². The summed E-state index contributed by atoms with van der Waals surface area (Å²) >= 11 is 0. The van der Waals surface area contributed by atoms with Crippen molar-refractivity contribution in [3.05, 3.63) is 0 Å². The lowest BCUT2D eigenvalue weighted by Gasteiger charge is -2.27. The number of alkyl carbamates (subject to hydrolysis) is 1. The fourth-order valence-corrected chi connectivity index (χ4v) is 2.54. The number of carbonyl (C=O) groups is 2. The summed E-state index contributed by atoms with van der Waals surface area (Å²) in [6.07, 6.45) is 5.87. The van der Waals surface area contributed by atoms with Gasteiger partial charge in [-0.15, -0.1) is 0 Å². The second-order valence-corrected chi connectivity index (χ2v) is 6.45. The zero-order valence-corrected chi connectivity index (χ0v) is 12.7. The quantitative estimate of drug-likeness (QED) is 0.417. The molecule has 0 aromatic rings. The standard InChI is InChI=1S/C14H27N3O3/c1-14(2,3)20-13(19)16-11(12(18)17-15)9-10-7-5-4-6-8-10/h10-11H,4-9,15H2,1-3H3,(H,16,19)(H,17,18)/t11-/m0/s1. The van der Waals surface area contributed by atoms with Crippen molar-refractivity contribution in [1.29, 1.82) is 0 Å². The number of hydrazine groups is 1. The van der Waals surface area contributed by atoms with E-state index in [1.165, 1.54) is 19.3 Å². The SMILES string of the molecule is CC(C)(C)OC(=O)N[C@@H](CC1CCCCC1)C(=O)NN. The van der Waals surface area contributed by atoms with Gasteiger partial charge < -0.3 is 10.1 Å². The lowest BCUT2D eigenvalue weighted by atomic mass is 9.84. The summed E-state index contributed by atoms with van der Waals surface area (Å²) in [7, 11) is 0. The molecule has 0 heterocycles. The minimum absolute atomic E-state index is 0.374. The number of hydrogen-bond donors (Lipinski definition) is 3. The van der Waals surface area contributed by atoms with Gasteiger partial charge in [0.05, 0.1) is 0 Å². The summed E-state index contributed by atoms with van der Waals surface area (Å²) in [6, 6.07) is -0.627. The molecule has 0 spiro atoms. The third-order valence-electron chi connectivity index (χ3n) is 3.44. The predicted molar refractivity (Wildman–Crippen MR) is 76.7 cm³/mol. The number of ether oxygens (including phenoxy) is 1. The van der Waals surface area contributed by atoms with Crippen LogP contribution in [0.1, 0.15) is 59.3 Å². The van der Waals surface area contributed by atoms with Crippen molar-refractivity contribution in [2.45, 2.75) is 70.9 Å². The van der Waals surface area contributed by atoms with Gasteiger partial charge in [0.1, 0.15) is 11.6 Å². The minimum Gasteiger partial charge on any atom is -0.444 e. The second-order valence-electron chi connectivity index (χ2n) is 6.45. The van der Waals surface area contributed by atoms with Crippen LogP contribution in [-0.4, -0.2) is 23.6 Å². The van der Waals surface area contributed by atoms with Gasteiger partial charge in [0, 0.05) is 0 Å². The molecule has 1 saturated carbocycles. The molecule has 6 nitrogen and oxygen atoms in total. The Morgan fingerprint density at radius 2 is 1.85 bits per heavy atom. The maximum Gasteiger partial charge on any atom is 0.408 e. The number of carbonyl (C=O) groups excluding carboxylic acids is 2. The minimum atomic E-state index is -0.627. The van der Waals surface area contributed by atoms with Crippen molar-refractivity contribution in [2.75, 3.05) is 0 Å². The molecule has 0 aromatic carbocycles. The molecule has 0 aliphatic heterocycles. The number of rotatable bonds is 4. The number of hydrogen-bond acceptors (Lipinski definition) is 4. The molecule has 0 saturated heterocycles. The van der Waals surface area contributed by atoms with E-state index in [-0.39, 0.29) is 5.91 Å². The first-order chi connectivity index (χ1) is 9.31. The average Bonchev–Trinajstić information content (AvgIpc) is 2.36. The molecular weight excluding hydrogens is 258 g/mol. The Labute approximate surface area is 120 Å². The molecule has 6 heteroatoms. The Bertz CT molecular complexity index is 333. The Hall–Kier alpha value is -1.30. The van der Waals surface area contributed by atoms with Crippen LogP contribution in [0.2, 0.25) is 0 Å². The fourth-order valence-electron chi connectivity index (χ4n) is 2.54. The molecule has 116 valence electrons. The van der Waals surface area contributed by atoms with Crippen LogP contribution in [0.15, 0.2) is 0 Å². The van der Waals surface area contributed by atoms with E-state index in [9.17, 15) is 9.59 Å². The predicted octanol–water partition coefficient (Wildman–Crippen LogP) is 1.84. The molecule has 0 unspecified atom stereocenters. The highest BCUT2D eigenvalue weighted by Gasteiger charge is 2.27. The highest BCUT2D eigenvalue weighted by Crippen LogP contribution is 2.27. The molecule has 1 rings (SSSR count). The van der Waals surface area contributed by atoms with Gasteiger partial charge in [0.25, 0.3) is 5.91 Å². The molecule has 1 atom stereocenters. The molecule has 0 bridgehead atoms. The summed E-state index contributed by atoms with van der Waals surface area (Å²) in [5.41, 5.74) is 1.53. The molecule has 20 heavy (non-hydrogen) atoms. The van der Waals surface area contributed by atoms with Crippen LogP contribution in [0.25, 0.3) is 0 Å². The zero-order chi connectivity index (χ0) is 15.2. The van der Waals surface area contributed by atoms with Crippen molar-refractivity contribution < 1.29 is 14.3 Å². The van der Waals surface area contributed by atoms with E-state index in [1.807, 2.05) is 0 Å². The topological polar surface area (TPSA) is 93.4 Å². The van der Waals surface area contributed by atoms with E-state index in [0.717, 1.165) is 12.8 Å². The lowest BCUT2D eigenvalue weighted by molar-refractivity contribution is -0.123. The monoisotopic (exact) mass is 285 g/mol. The Morgan fingerprint density at radius 3 is 2.35 bits per heavy atom. The maximum atomic E-state index is 11.8. The van der Waals surface area contributed by atoms with E-state index in [1.54, 1.807) is 20.8 Å². The first-order valence-corrected chi connectivity index (χ1v) is 7.32. The van der Waals surface area contributed by atoms with Gasteiger partial charge in [-0.05, 0) is 33.1 Å². The Kier molecular flexibility index (Phi) is 6.26. The van der Waals surface area contributed by atoms with Crippen molar-refractivity contribution in [1.82, 2.24) is 10.7 Å².